The van der Waals surface area contributed by atoms with Crippen molar-refractivity contribution in [2.45, 2.75) is 13.8 Å². The molecule has 172 valence electrons. The Morgan fingerprint density at radius 2 is 1.75 bits per heavy atom. The zero-order chi connectivity index (χ0) is 23.4. The molecule has 3 rings (SSSR count). The number of nitrogens with one attached hydrogen (secondary N) is 1. The highest BCUT2D eigenvalue weighted by Crippen LogP contribution is 2.34. The first-order chi connectivity index (χ1) is 15.2. The number of esters is 1. The van der Waals surface area contributed by atoms with Gasteiger partial charge < -0.3 is 19.9 Å². The average molecular weight is 459 g/mol. The Balaban J connectivity index is 1.66. The quantitative estimate of drug-likeness (QED) is 0.670. The SMILES string of the molecule is COC(=O)c1c(NC(=O)CN2CCN(c3ccccc3C)CC2)sc(C(=O)N(C)C)c1C. The van der Waals surface area contributed by atoms with E-state index >= 15 is 0 Å². The summed E-state index contributed by atoms with van der Waals surface area (Å²) in [7, 11) is 4.58. The van der Waals surface area contributed by atoms with Crippen molar-refractivity contribution in [3.05, 3.63) is 45.8 Å². The third-order valence-electron chi connectivity index (χ3n) is 5.59. The summed E-state index contributed by atoms with van der Waals surface area (Å²) in [5.41, 5.74) is 3.22. The van der Waals surface area contributed by atoms with Gasteiger partial charge in [-0.15, -0.1) is 11.3 Å². The molecular weight excluding hydrogens is 428 g/mol. The average Bonchev–Trinajstić information content (AvgIpc) is 3.09. The van der Waals surface area contributed by atoms with Gasteiger partial charge in [0, 0.05) is 46.0 Å². The fourth-order valence-corrected chi connectivity index (χ4v) is 5.02. The van der Waals surface area contributed by atoms with E-state index in [2.05, 4.69) is 34.2 Å². The summed E-state index contributed by atoms with van der Waals surface area (Å²) in [6, 6.07) is 8.30. The molecule has 1 aromatic heterocycles. The van der Waals surface area contributed by atoms with Gasteiger partial charge in [-0.2, -0.15) is 0 Å². The maximum Gasteiger partial charge on any atom is 0.341 e. The molecule has 0 atom stereocenters. The Morgan fingerprint density at radius 1 is 1.09 bits per heavy atom. The summed E-state index contributed by atoms with van der Waals surface area (Å²) < 4.78 is 4.88. The number of rotatable bonds is 6. The molecule has 0 aliphatic carbocycles. The fourth-order valence-electron chi connectivity index (χ4n) is 3.79. The summed E-state index contributed by atoms with van der Waals surface area (Å²) in [5.74, 6) is -1.01. The van der Waals surface area contributed by atoms with E-state index in [-0.39, 0.29) is 23.9 Å². The summed E-state index contributed by atoms with van der Waals surface area (Å²) in [5, 5.41) is 3.18. The maximum atomic E-state index is 12.8. The predicted octanol–water partition coefficient (Wildman–Crippen LogP) is 2.61. The van der Waals surface area contributed by atoms with Crippen LogP contribution in [-0.4, -0.2) is 81.5 Å². The number of piperazine rings is 1. The van der Waals surface area contributed by atoms with Crippen LogP contribution in [0.1, 0.15) is 31.2 Å². The molecule has 9 heteroatoms. The van der Waals surface area contributed by atoms with E-state index in [4.69, 9.17) is 4.74 Å². The van der Waals surface area contributed by atoms with Crippen molar-refractivity contribution in [2.24, 2.45) is 0 Å². The van der Waals surface area contributed by atoms with Crippen LogP contribution in [0.2, 0.25) is 0 Å². The van der Waals surface area contributed by atoms with E-state index in [1.165, 1.54) is 23.3 Å². The Bertz CT molecular complexity index is 1010. The molecule has 1 aromatic carbocycles. The van der Waals surface area contributed by atoms with Crippen LogP contribution in [0.4, 0.5) is 10.7 Å². The number of carbonyl (C=O) groups is 3. The first-order valence-corrected chi connectivity index (χ1v) is 11.3. The number of amides is 2. The highest BCUT2D eigenvalue weighted by Gasteiger charge is 2.28. The topological polar surface area (TPSA) is 82.2 Å². The zero-order valence-electron chi connectivity index (χ0n) is 19.2. The van der Waals surface area contributed by atoms with Crippen molar-refractivity contribution in [3.63, 3.8) is 0 Å². The molecule has 1 aliphatic heterocycles. The third kappa shape index (κ3) is 5.11. The first kappa shape index (κ1) is 23.7. The number of methoxy groups -OCH3 is 1. The van der Waals surface area contributed by atoms with E-state index in [9.17, 15) is 14.4 Å². The minimum absolute atomic E-state index is 0.217. The molecule has 1 fully saturated rings. The van der Waals surface area contributed by atoms with Crippen molar-refractivity contribution < 1.29 is 19.1 Å². The van der Waals surface area contributed by atoms with Crippen LogP contribution in [-0.2, 0) is 9.53 Å². The lowest BCUT2D eigenvalue weighted by atomic mass is 10.1. The lowest BCUT2D eigenvalue weighted by molar-refractivity contribution is -0.117. The van der Waals surface area contributed by atoms with Gasteiger partial charge in [-0.1, -0.05) is 18.2 Å². The van der Waals surface area contributed by atoms with Gasteiger partial charge in [0.1, 0.15) is 5.00 Å². The predicted molar refractivity (Wildman–Crippen MR) is 127 cm³/mol. The largest absolute Gasteiger partial charge is 0.465 e. The number of hydrogen-bond donors (Lipinski definition) is 1. The molecule has 32 heavy (non-hydrogen) atoms. The zero-order valence-corrected chi connectivity index (χ0v) is 20.0. The van der Waals surface area contributed by atoms with Gasteiger partial charge in [-0.25, -0.2) is 4.79 Å². The van der Waals surface area contributed by atoms with Crippen molar-refractivity contribution >= 4 is 39.8 Å². The third-order valence-corrected chi connectivity index (χ3v) is 6.78. The molecular formula is C23H30N4O4S. The standard InChI is InChI=1S/C23H30N4O4S/c1-15-8-6-7-9-17(15)27-12-10-26(11-13-27)14-18(28)24-21-19(23(30)31-5)16(2)20(32-21)22(29)25(3)4/h6-9H,10-14H2,1-5H3,(H,24,28). The normalized spacial score (nSPS) is 14.2. The van der Waals surface area contributed by atoms with Crippen LogP contribution in [0.3, 0.4) is 0 Å². The van der Waals surface area contributed by atoms with Crippen molar-refractivity contribution in [3.8, 4) is 0 Å². The molecule has 1 saturated heterocycles. The van der Waals surface area contributed by atoms with Crippen LogP contribution >= 0.6 is 11.3 Å². The van der Waals surface area contributed by atoms with Gasteiger partial charge in [0.25, 0.3) is 5.91 Å². The number of nitrogens with zero attached hydrogens (tertiary/aromatic N) is 3. The minimum Gasteiger partial charge on any atom is -0.465 e. The van der Waals surface area contributed by atoms with Crippen LogP contribution in [0.5, 0.6) is 0 Å². The molecule has 0 spiro atoms. The Labute approximate surface area is 192 Å². The second-order valence-corrected chi connectivity index (χ2v) is 9.07. The van der Waals surface area contributed by atoms with Gasteiger partial charge in [0.15, 0.2) is 0 Å². The molecule has 0 bridgehead atoms. The molecule has 1 N–H and O–H groups in total. The number of benzene rings is 1. The second kappa shape index (κ2) is 10.1. The molecule has 1 aliphatic rings. The van der Waals surface area contributed by atoms with Gasteiger partial charge in [0.05, 0.1) is 24.1 Å². The first-order valence-electron chi connectivity index (χ1n) is 10.5. The fraction of sp³-hybridized carbons (Fsp3) is 0.435. The van der Waals surface area contributed by atoms with Crippen LogP contribution in [0.25, 0.3) is 0 Å². The Kier molecular flexibility index (Phi) is 7.52. The van der Waals surface area contributed by atoms with Gasteiger partial charge in [-0.3, -0.25) is 14.5 Å². The lowest BCUT2D eigenvalue weighted by Crippen LogP contribution is -2.48. The summed E-state index contributed by atoms with van der Waals surface area (Å²) in [6.45, 7) is 7.22. The van der Waals surface area contributed by atoms with E-state index in [1.807, 2.05) is 12.1 Å². The lowest BCUT2D eigenvalue weighted by Gasteiger charge is -2.36. The number of para-hydroxylation sites is 1. The second-order valence-electron chi connectivity index (χ2n) is 8.05. The number of carbonyl (C=O) groups excluding carboxylic acids is 3. The van der Waals surface area contributed by atoms with Crippen LogP contribution in [0, 0.1) is 13.8 Å². The highest BCUT2D eigenvalue weighted by molar-refractivity contribution is 7.18. The highest BCUT2D eigenvalue weighted by atomic mass is 32.1. The van der Waals surface area contributed by atoms with Crippen molar-refractivity contribution in [2.75, 3.05) is 64.1 Å². The molecule has 2 aromatic rings. The number of thiophene rings is 1. The summed E-state index contributed by atoms with van der Waals surface area (Å²) in [4.78, 5) is 43.8. The smallest absolute Gasteiger partial charge is 0.341 e. The molecule has 2 heterocycles. The molecule has 0 radical (unpaired) electrons. The number of hydrogen-bond acceptors (Lipinski definition) is 7. The van der Waals surface area contributed by atoms with Crippen molar-refractivity contribution in [1.29, 1.82) is 0 Å². The van der Waals surface area contributed by atoms with Gasteiger partial charge in [0.2, 0.25) is 5.91 Å². The molecule has 0 unspecified atom stereocenters. The number of anilines is 2. The molecule has 0 saturated carbocycles. The minimum atomic E-state index is -0.571. The van der Waals surface area contributed by atoms with E-state index < -0.39 is 5.97 Å². The molecule has 8 nitrogen and oxygen atoms in total. The van der Waals surface area contributed by atoms with Crippen molar-refractivity contribution in [1.82, 2.24) is 9.80 Å². The van der Waals surface area contributed by atoms with E-state index in [0.717, 1.165) is 37.5 Å². The summed E-state index contributed by atoms with van der Waals surface area (Å²) in [6.07, 6.45) is 0. The Hall–Kier alpha value is -2.91. The summed E-state index contributed by atoms with van der Waals surface area (Å²) >= 11 is 1.11. The maximum absolute atomic E-state index is 12.8. The number of aryl methyl sites for hydroxylation is 1. The van der Waals surface area contributed by atoms with Gasteiger partial charge in [-0.05, 0) is 31.0 Å². The Morgan fingerprint density at radius 3 is 2.34 bits per heavy atom. The molecule has 2 amide bonds. The van der Waals surface area contributed by atoms with E-state index in [1.54, 1.807) is 21.0 Å². The number of ether oxygens (including phenoxy) is 1. The monoisotopic (exact) mass is 458 g/mol. The van der Waals surface area contributed by atoms with Crippen LogP contribution in [0.15, 0.2) is 24.3 Å². The van der Waals surface area contributed by atoms with Gasteiger partial charge >= 0.3 is 5.97 Å². The van der Waals surface area contributed by atoms with Crippen LogP contribution < -0.4 is 10.2 Å². The van der Waals surface area contributed by atoms with E-state index in [0.29, 0.717) is 15.4 Å².